The first-order valence-electron chi connectivity index (χ1n) is 7.39. The molecule has 1 unspecified atom stereocenters. The molecule has 0 aromatic heterocycles. The highest BCUT2D eigenvalue weighted by Gasteiger charge is 2.18. The van der Waals surface area contributed by atoms with Gasteiger partial charge in [-0.15, -0.1) is 0 Å². The lowest BCUT2D eigenvalue weighted by Gasteiger charge is -2.29. The fraction of sp³-hybridized carbons (Fsp3) is 0.625. The fourth-order valence-electron chi connectivity index (χ4n) is 2.81. The Bertz CT molecular complexity index is 400. The van der Waals surface area contributed by atoms with Crippen molar-refractivity contribution >= 4 is 0 Å². The molecule has 0 amide bonds. The zero-order valence-corrected chi connectivity index (χ0v) is 12.2. The molecule has 1 aromatic rings. The van der Waals surface area contributed by atoms with Crippen LogP contribution >= 0.6 is 0 Å². The predicted octanol–water partition coefficient (Wildman–Crippen LogP) is 2.74. The average Bonchev–Trinajstić information content (AvgIpc) is 2.47. The second kappa shape index (κ2) is 6.92. The number of likely N-dealkylation sites (tertiary alicyclic amines) is 1. The molecule has 0 saturated carbocycles. The Balaban J connectivity index is 2.09. The van der Waals surface area contributed by atoms with Gasteiger partial charge in [0.15, 0.2) is 0 Å². The molecule has 1 aliphatic rings. The molecule has 1 fully saturated rings. The summed E-state index contributed by atoms with van der Waals surface area (Å²) in [5.41, 5.74) is 8.87. The number of nitrogens with two attached hydrogens (primary N) is 1. The van der Waals surface area contributed by atoms with E-state index in [-0.39, 0.29) is 6.04 Å². The van der Waals surface area contributed by atoms with Crippen LogP contribution in [0.4, 0.5) is 0 Å². The normalized spacial score (nSPS) is 18.3. The fourth-order valence-corrected chi connectivity index (χ4v) is 2.81. The number of piperidine rings is 1. The second-order valence-electron chi connectivity index (χ2n) is 5.40. The van der Waals surface area contributed by atoms with E-state index in [1.165, 1.54) is 37.9 Å². The van der Waals surface area contributed by atoms with Crippen molar-refractivity contribution in [1.29, 1.82) is 0 Å². The number of benzene rings is 1. The van der Waals surface area contributed by atoms with Gasteiger partial charge in [-0.3, -0.25) is 0 Å². The standard InChI is InChI=1S/C16H26N2O/c1-3-13-7-8-16(19-2)14(11-13)15(17)12-18-9-5-4-6-10-18/h7-8,11,15H,3-6,9-10,12,17H2,1-2H3. The Morgan fingerprint density at radius 2 is 2.00 bits per heavy atom. The minimum absolute atomic E-state index is 0.0412. The molecular weight excluding hydrogens is 236 g/mol. The van der Waals surface area contributed by atoms with Crippen molar-refractivity contribution < 1.29 is 4.74 Å². The van der Waals surface area contributed by atoms with Crippen LogP contribution in [0.5, 0.6) is 5.75 Å². The minimum atomic E-state index is 0.0412. The quantitative estimate of drug-likeness (QED) is 0.886. The van der Waals surface area contributed by atoms with E-state index < -0.39 is 0 Å². The Hall–Kier alpha value is -1.06. The van der Waals surface area contributed by atoms with Crippen LogP contribution in [0.1, 0.15) is 43.4 Å². The highest BCUT2D eigenvalue weighted by Crippen LogP contribution is 2.26. The van der Waals surface area contributed by atoms with Gasteiger partial charge >= 0.3 is 0 Å². The van der Waals surface area contributed by atoms with Crippen LogP contribution < -0.4 is 10.5 Å². The van der Waals surface area contributed by atoms with Crippen LogP contribution in [0.15, 0.2) is 18.2 Å². The molecule has 1 saturated heterocycles. The number of rotatable bonds is 5. The van der Waals surface area contributed by atoms with E-state index >= 15 is 0 Å². The van der Waals surface area contributed by atoms with Crippen LogP contribution in [0.2, 0.25) is 0 Å². The topological polar surface area (TPSA) is 38.5 Å². The van der Waals surface area contributed by atoms with Gasteiger partial charge in [-0.25, -0.2) is 0 Å². The smallest absolute Gasteiger partial charge is 0.123 e. The molecule has 0 bridgehead atoms. The molecule has 0 aliphatic carbocycles. The third-order valence-electron chi connectivity index (χ3n) is 4.01. The number of methoxy groups -OCH3 is 1. The van der Waals surface area contributed by atoms with Crippen molar-refractivity contribution in [2.24, 2.45) is 5.73 Å². The highest BCUT2D eigenvalue weighted by atomic mass is 16.5. The zero-order valence-electron chi connectivity index (χ0n) is 12.2. The summed E-state index contributed by atoms with van der Waals surface area (Å²) in [5, 5.41) is 0. The molecule has 1 aliphatic heterocycles. The maximum atomic E-state index is 6.40. The van der Waals surface area contributed by atoms with Crippen LogP contribution in [0, 0.1) is 0 Å². The first-order valence-corrected chi connectivity index (χ1v) is 7.39. The molecule has 3 nitrogen and oxygen atoms in total. The molecule has 0 radical (unpaired) electrons. The van der Waals surface area contributed by atoms with Gasteiger partial charge in [-0.2, -0.15) is 0 Å². The number of aryl methyl sites for hydroxylation is 1. The van der Waals surface area contributed by atoms with Crippen LogP contribution in [0.25, 0.3) is 0 Å². The molecule has 0 spiro atoms. The second-order valence-corrected chi connectivity index (χ2v) is 5.40. The lowest BCUT2D eigenvalue weighted by Crippen LogP contribution is -2.36. The van der Waals surface area contributed by atoms with E-state index in [1.54, 1.807) is 7.11 Å². The van der Waals surface area contributed by atoms with Crippen molar-refractivity contribution in [3.05, 3.63) is 29.3 Å². The van der Waals surface area contributed by atoms with Gasteiger partial charge in [0.25, 0.3) is 0 Å². The SMILES string of the molecule is CCc1ccc(OC)c(C(N)CN2CCCCC2)c1. The van der Waals surface area contributed by atoms with E-state index in [0.717, 1.165) is 24.3 Å². The van der Waals surface area contributed by atoms with E-state index in [2.05, 4.69) is 24.0 Å². The first kappa shape index (κ1) is 14.4. The summed E-state index contributed by atoms with van der Waals surface area (Å²) in [6.45, 7) is 5.47. The van der Waals surface area contributed by atoms with Gasteiger partial charge in [-0.05, 0) is 44.0 Å². The largest absolute Gasteiger partial charge is 0.496 e. The molecule has 1 aromatic carbocycles. The third-order valence-corrected chi connectivity index (χ3v) is 4.01. The van der Waals surface area contributed by atoms with E-state index in [1.807, 2.05) is 6.07 Å². The van der Waals surface area contributed by atoms with Gasteiger partial charge in [0, 0.05) is 18.2 Å². The average molecular weight is 262 g/mol. The highest BCUT2D eigenvalue weighted by molar-refractivity contribution is 5.39. The van der Waals surface area contributed by atoms with E-state index in [9.17, 15) is 0 Å². The number of nitrogens with zero attached hydrogens (tertiary/aromatic N) is 1. The molecular formula is C16H26N2O. The number of hydrogen-bond donors (Lipinski definition) is 1. The van der Waals surface area contributed by atoms with Crippen molar-refractivity contribution in [2.75, 3.05) is 26.7 Å². The molecule has 2 N–H and O–H groups in total. The lowest BCUT2D eigenvalue weighted by molar-refractivity contribution is 0.215. The van der Waals surface area contributed by atoms with Crippen molar-refractivity contribution in [3.8, 4) is 5.75 Å². The van der Waals surface area contributed by atoms with Crippen molar-refractivity contribution in [1.82, 2.24) is 4.90 Å². The van der Waals surface area contributed by atoms with Gasteiger partial charge in [0.05, 0.1) is 7.11 Å². The molecule has 2 rings (SSSR count). The summed E-state index contributed by atoms with van der Waals surface area (Å²) in [4.78, 5) is 2.48. The van der Waals surface area contributed by atoms with Gasteiger partial charge in [0.1, 0.15) is 5.75 Å². The van der Waals surface area contributed by atoms with Crippen molar-refractivity contribution in [3.63, 3.8) is 0 Å². The predicted molar refractivity (Wildman–Crippen MR) is 79.6 cm³/mol. The summed E-state index contributed by atoms with van der Waals surface area (Å²) >= 11 is 0. The summed E-state index contributed by atoms with van der Waals surface area (Å²) in [6, 6.07) is 6.41. The van der Waals surface area contributed by atoms with Crippen LogP contribution in [-0.2, 0) is 6.42 Å². The van der Waals surface area contributed by atoms with E-state index in [0.29, 0.717) is 0 Å². The first-order chi connectivity index (χ1) is 9.24. The van der Waals surface area contributed by atoms with Gasteiger partial charge in [0.2, 0.25) is 0 Å². The van der Waals surface area contributed by atoms with Crippen molar-refractivity contribution in [2.45, 2.75) is 38.6 Å². The summed E-state index contributed by atoms with van der Waals surface area (Å²) in [5.74, 6) is 0.918. The maximum Gasteiger partial charge on any atom is 0.123 e. The Morgan fingerprint density at radius 3 is 2.63 bits per heavy atom. The number of hydrogen-bond acceptors (Lipinski definition) is 3. The molecule has 1 atom stereocenters. The zero-order chi connectivity index (χ0) is 13.7. The summed E-state index contributed by atoms with van der Waals surface area (Å²) in [6.07, 6.45) is 5.01. The Kier molecular flexibility index (Phi) is 5.23. The van der Waals surface area contributed by atoms with Gasteiger partial charge in [-0.1, -0.05) is 25.5 Å². The Labute approximate surface area is 116 Å². The summed E-state index contributed by atoms with van der Waals surface area (Å²) in [7, 11) is 1.72. The minimum Gasteiger partial charge on any atom is -0.496 e. The molecule has 19 heavy (non-hydrogen) atoms. The molecule has 1 heterocycles. The lowest BCUT2D eigenvalue weighted by atomic mass is 10.0. The monoisotopic (exact) mass is 262 g/mol. The Morgan fingerprint density at radius 1 is 1.26 bits per heavy atom. The van der Waals surface area contributed by atoms with Gasteiger partial charge < -0.3 is 15.4 Å². The van der Waals surface area contributed by atoms with Crippen LogP contribution in [-0.4, -0.2) is 31.6 Å². The van der Waals surface area contributed by atoms with E-state index in [4.69, 9.17) is 10.5 Å². The molecule has 106 valence electrons. The third kappa shape index (κ3) is 3.71. The van der Waals surface area contributed by atoms with Crippen LogP contribution in [0.3, 0.4) is 0 Å². The molecule has 3 heteroatoms. The summed E-state index contributed by atoms with van der Waals surface area (Å²) < 4.78 is 5.46. The number of ether oxygens (including phenoxy) is 1. The maximum absolute atomic E-state index is 6.40.